The van der Waals surface area contributed by atoms with E-state index in [2.05, 4.69) is 10.2 Å². The van der Waals surface area contributed by atoms with Gasteiger partial charge in [-0.3, -0.25) is 4.79 Å². The lowest BCUT2D eigenvalue weighted by atomic mass is 10.3. The molecule has 1 aliphatic heterocycles. The van der Waals surface area contributed by atoms with E-state index in [9.17, 15) is 13.2 Å². The fraction of sp³-hybridized carbons (Fsp3) is 0.353. The summed E-state index contributed by atoms with van der Waals surface area (Å²) in [5.41, 5.74) is 0.558. The van der Waals surface area contributed by atoms with Gasteiger partial charge < -0.3 is 10.2 Å². The van der Waals surface area contributed by atoms with E-state index in [1.54, 1.807) is 24.3 Å². The highest BCUT2D eigenvalue weighted by atomic mass is 32.2. The van der Waals surface area contributed by atoms with Crippen LogP contribution in [0.3, 0.4) is 0 Å². The first-order chi connectivity index (χ1) is 11.4. The Kier molecular flexibility index (Phi) is 6.30. The van der Waals surface area contributed by atoms with E-state index in [0.717, 1.165) is 13.1 Å². The lowest BCUT2D eigenvalue weighted by molar-refractivity contribution is -0.111. The number of hydrogen-bond donors (Lipinski definition) is 1. The number of nitrogens with zero attached hydrogens (tertiary/aromatic N) is 2. The molecule has 0 aliphatic carbocycles. The Hall–Kier alpha value is -1.96. The van der Waals surface area contributed by atoms with E-state index in [1.807, 2.05) is 20.0 Å². The molecule has 0 saturated carbocycles. The van der Waals surface area contributed by atoms with Gasteiger partial charge in [-0.2, -0.15) is 4.31 Å². The largest absolute Gasteiger partial charge is 0.323 e. The van der Waals surface area contributed by atoms with Gasteiger partial charge in [0.25, 0.3) is 0 Å². The maximum atomic E-state index is 12.6. The van der Waals surface area contributed by atoms with Crippen LogP contribution in [0.1, 0.15) is 6.92 Å². The summed E-state index contributed by atoms with van der Waals surface area (Å²) in [6, 6.07) is 6.26. The number of benzene rings is 1. The molecule has 1 fully saturated rings. The van der Waals surface area contributed by atoms with Crippen LogP contribution in [-0.2, 0) is 14.8 Å². The average molecular weight is 349 g/mol. The first-order valence-corrected chi connectivity index (χ1v) is 9.26. The van der Waals surface area contributed by atoms with Crippen LogP contribution in [0.5, 0.6) is 0 Å². The molecule has 7 heteroatoms. The van der Waals surface area contributed by atoms with Crippen LogP contribution < -0.4 is 5.32 Å². The molecule has 130 valence electrons. The minimum Gasteiger partial charge on any atom is -0.323 e. The Bertz CT molecular complexity index is 716. The highest BCUT2D eigenvalue weighted by Crippen LogP contribution is 2.19. The topological polar surface area (TPSA) is 69.7 Å². The minimum atomic E-state index is -3.48. The van der Waals surface area contributed by atoms with Crippen molar-refractivity contribution in [2.45, 2.75) is 11.8 Å². The molecule has 1 N–H and O–H groups in total. The van der Waals surface area contributed by atoms with Crippen molar-refractivity contribution < 1.29 is 13.2 Å². The molecule has 0 aromatic heterocycles. The van der Waals surface area contributed by atoms with Gasteiger partial charge in [0, 0.05) is 37.9 Å². The van der Waals surface area contributed by atoms with E-state index in [1.165, 1.54) is 22.5 Å². The van der Waals surface area contributed by atoms with Gasteiger partial charge in [0.05, 0.1) is 4.90 Å². The molecule has 0 radical (unpaired) electrons. The number of allylic oxidation sites excluding steroid dienone is 3. The highest BCUT2D eigenvalue weighted by molar-refractivity contribution is 7.89. The second-order valence-corrected chi connectivity index (χ2v) is 7.54. The third kappa shape index (κ3) is 4.77. The normalized spacial score (nSPS) is 17.6. The Morgan fingerprint density at radius 3 is 2.29 bits per heavy atom. The first kappa shape index (κ1) is 18.4. The van der Waals surface area contributed by atoms with Crippen molar-refractivity contribution >= 4 is 21.6 Å². The first-order valence-electron chi connectivity index (χ1n) is 7.82. The SMILES string of the molecule is C/C=C/C=C/C(=O)Nc1ccc(S(=O)(=O)N2CCN(C)CC2)cc1. The summed E-state index contributed by atoms with van der Waals surface area (Å²) in [6.07, 6.45) is 6.63. The van der Waals surface area contributed by atoms with Crippen molar-refractivity contribution in [3.8, 4) is 0 Å². The van der Waals surface area contributed by atoms with E-state index >= 15 is 0 Å². The number of likely N-dealkylation sites (N-methyl/N-ethyl adjacent to an activating group) is 1. The van der Waals surface area contributed by atoms with Crippen LogP contribution in [0, 0.1) is 0 Å². The second kappa shape index (κ2) is 8.23. The number of nitrogens with one attached hydrogen (secondary N) is 1. The van der Waals surface area contributed by atoms with Crippen LogP contribution in [0.2, 0.25) is 0 Å². The zero-order valence-corrected chi connectivity index (χ0v) is 14.8. The van der Waals surface area contributed by atoms with E-state index < -0.39 is 10.0 Å². The minimum absolute atomic E-state index is 0.245. The number of hydrogen-bond acceptors (Lipinski definition) is 4. The molecule has 2 rings (SSSR count). The van der Waals surface area contributed by atoms with Crippen molar-refractivity contribution in [3.05, 3.63) is 48.6 Å². The van der Waals surface area contributed by atoms with Gasteiger partial charge in [-0.1, -0.05) is 18.2 Å². The molecule has 0 atom stereocenters. The summed E-state index contributed by atoms with van der Waals surface area (Å²) in [4.78, 5) is 14.0. The number of carbonyl (C=O) groups is 1. The summed E-state index contributed by atoms with van der Waals surface area (Å²) in [5.74, 6) is -0.261. The van der Waals surface area contributed by atoms with Gasteiger partial charge in [-0.15, -0.1) is 0 Å². The lowest BCUT2D eigenvalue weighted by Crippen LogP contribution is -2.46. The zero-order valence-electron chi connectivity index (χ0n) is 14.0. The number of rotatable bonds is 5. The lowest BCUT2D eigenvalue weighted by Gasteiger charge is -2.31. The van der Waals surface area contributed by atoms with Gasteiger partial charge in [-0.05, 0) is 38.2 Å². The summed E-state index contributed by atoms with van der Waals surface area (Å²) in [7, 11) is -1.50. The Balaban J connectivity index is 2.04. The average Bonchev–Trinajstić information content (AvgIpc) is 2.56. The standard InChI is InChI=1S/C17H23N3O3S/c1-3-4-5-6-17(21)18-15-7-9-16(10-8-15)24(22,23)20-13-11-19(2)12-14-20/h3-10H,11-14H2,1-2H3,(H,18,21)/b4-3+,6-5+. The summed E-state index contributed by atoms with van der Waals surface area (Å²) in [5, 5.41) is 2.69. The van der Waals surface area contributed by atoms with E-state index in [4.69, 9.17) is 0 Å². The number of piperazine rings is 1. The molecule has 1 aliphatic rings. The molecule has 0 bridgehead atoms. The predicted octanol–water partition coefficient (Wildman–Crippen LogP) is 1.69. The Morgan fingerprint density at radius 2 is 1.71 bits per heavy atom. The quantitative estimate of drug-likeness (QED) is 0.649. The molecular weight excluding hydrogens is 326 g/mol. The molecule has 1 aromatic rings. The zero-order chi connectivity index (χ0) is 17.6. The third-order valence-electron chi connectivity index (χ3n) is 3.77. The molecule has 1 amide bonds. The monoisotopic (exact) mass is 349 g/mol. The van der Waals surface area contributed by atoms with Crippen LogP contribution in [0.4, 0.5) is 5.69 Å². The molecule has 24 heavy (non-hydrogen) atoms. The molecule has 1 heterocycles. The van der Waals surface area contributed by atoms with Gasteiger partial charge >= 0.3 is 0 Å². The van der Waals surface area contributed by atoms with Crippen molar-refractivity contribution in [1.29, 1.82) is 0 Å². The molecular formula is C17H23N3O3S. The van der Waals surface area contributed by atoms with Crippen LogP contribution in [0.25, 0.3) is 0 Å². The third-order valence-corrected chi connectivity index (χ3v) is 5.69. The number of sulfonamides is 1. The van der Waals surface area contributed by atoms with Crippen LogP contribution in [-0.4, -0.2) is 56.8 Å². The number of anilines is 1. The number of amides is 1. The molecule has 1 aromatic carbocycles. The van der Waals surface area contributed by atoms with Gasteiger partial charge in [0.15, 0.2) is 0 Å². The second-order valence-electron chi connectivity index (χ2n) is 5.61. The van der Waals surface area contributed by atoms with Crippen molar-refractivity contribution in [2.75, 3.05) is 38.5 Å². The van der Waals surface area contributed by atoms with Gasteiger partial charge in [0.1, 0.15) is 0 Å². The van der Waals surface area contributed by atoms with Gasteiger partial charge in [-0.25, -0.2) is 8.42 Å². The summed E-state index contributed by atoms with van der Waals surface area (Å²) < 4.78 is 26.7. The predicted molar refractivity (Wildman–Crippen MR) is 95.3 cm³/mol. The molecule has 0 unspecified atom stereocenters. The summed E-state index contributed by atoms with van der Waals surface area (Å²) in [6.45, 7) is 4.31. The fourth-order valence-electron chi connectivity index (χ4n) is 2.33. The Labute approximate surface area is 143 Å². The van der Waals surface area contributed by atoms with Gasteiger partial charge in [0.2, 0.25) is 15.9 Å². The fourth-order valence-corrected chi connectivity index (χ4v) is 3.75. The maximum Gasteiger partial charge on any atom is 0.248 e. The van der Waals surface area contributed by atoms with E-state index in [0.29, 0.717) is 18.8 Å². The van der Waals surface area contributed by atoms with Crippen molar-refractivity contribution in [1.82, 2.24) is 9.21 Å². The summed E-state index contributed by atoms with van der Waals surface area (Å²) >= 11 is 0. The molecule has 1 saturated heterocycles. The highest BCUT2D eigenvalue weighted by Gasteiger charge is 2.27. The van der Waals surface area contributed by atoms with Crippen LogP contribution >= 0.6 is 0 Å². The molecule has 6 nitrogen and oxygen atoms in total. The number of carbonyl (C=O) groups excluding carboxylic acids is 1. The van der Waals surface area contributed by atoms with E-state index in [-0.39, 0.29) is 10.8 Å². The van der Waals surface area contributed by atoms with Crippen LogP contribution in [0.15, 0.2) is 53.5 Å². The molecule has 0 spiro atoms. The smallest absolute Gasteiger partial charge is 0.248 e. The maximum absolute atomic E-state index is 12.6. The van der Waals surface area contributed by atoms with Crippen molar-refractivity contribution in [3.63, 3.8) is 0 Å². The Morgan fingerprint density at radius 1 is 1.08 bits per heavy atom. The van der Waals surface area contributed by atoms with Crippen molar-refractivity contribution in [2.24, 2.45) is 0 Å².